The van der Waals surface area contributed by atoms with Crippen LogP contribution in [0.25, 0.3) is 0 Å². The Balaban J connectivity index is 0.000000396. The maximum atomic E-state index is 3.44. The summed E-state index contributed by atoms with van der Waals surface area (Å²) in [4.78, 5) is 2.32. The highest BCUT2D eigenvalue weighted by molar-refractivity contribution is 5.28. The van der Waals surface area contributed by atoms with E-state index in [0.717, 1.165) is 13.1 Å². The lowest BCUT2D eigenvalue weighted by Gasteiger charge is -2.31. The van der Waals surface area contributed by atoms with E-state index in [-0.39, 0.29) is 0 Å². The van der Waals surface area contributed by atoms with Gasteiger partial charge >= 0.3 is 0 Å². The third-order valence-corrected chi connectivity index (χ3v) is 2.34. The minimum absolute atomic E-state index is 1.10. The van der Waals surface area contributed by atoms with Crippen LogP contribution >= 0.6 is 0 Å². The Morgan fingerprint density at radius 3 is 2.85 bits per heavy atom. The monoisotopic (exact) mass is 180 g/mol. The van der Waals surface area contributed by atoms with Crippen molar-refractivity contribution in [2.24, 2.45) is 0 Å². The Hall–Kier alpha value is -0.920. The van der Waals surface area contributed by atoms with Crippen LogP contribution in [0.4, 0.5) is 0 Å². The van der Waals surface area contributed by atoms with Gasteiger partial charge in [-0.2, -0.15) is 0 Å². The van der Waals surface area contributed by atoms with Crippen molar-refractivity contribution >= 4 is 0 Å². The van der Waals surface area contributed by atoms with Crippen LogP contribution in [0.5, 0.6) is 0 Å². The smallest absolute Gasteiger partial charge is 0.0553 e. The fourth-order valence-electron chi connectivity index (χ4n) is 1.68. The highest BCUT2D eigenvalue weighted by Gasteiger charge is 2.15. The first-order chi connectivity index (χ1) is 6.38. The van der Waals surface area contributed by atoms with E-state index >= 15 is 0 Å². The number of allylic oxidation sites excluding steroid dienone is 3. The molecule has 0 aromatic rings. The minimum Gasteiger partial charge on any atom is -0.385 e. The Bertz CT molecular complexity index is 216. The molecule has 2 nitrogen and oxygen atoms in total. The summed E-state index contributed by atoms with van der Waals surface area (Å²) in [7, 11) is 2.16. The molecule has 0 aromatic heterocycles. The van der Waals surface area contributed by atoms with Gasteiger partial charge in [-0.25, -0.2) is 0 Å². The zero-order chi connectivity index (χ0) is 9.68. The van der Waals surface area contributed by atoms with Crippen LogP contribution in [-0.4, -0.2) is 25.0 Å². The molecule has 0 radical (unpaired) electrons. The van der Waals surface area contributed by atoms with Gasteiger partial charge in [0.1, 0.15) is 0 Å². The lowest BCUT2D eigenvalue weighted by molar-refractivity contribution is 0.385. The van der Waals surface area contributed by atoms with Crippen LogP contribution in [-0.2, 0) is 0 Å². The number of likely N-dealkylation sites (N-methyl/N-ethyl adjacent to an activating group) is 1. The second-order valence-corrected chi connectivity index (χ2v) is 3.15. The molecule has 74 valence electrons. The normalized spacial score (nSPS) is 20.1. The molecule has 0 aromatic carbocycles. The summed E-state index contributed by atoms with van der Waals surface area (Å²) >= 11 is 0. The van der Waals surface area contributed by atoms with Crippen molar-refractivity contribution < 1.29 is 0 Å². The fourth-order valence-corrected chi connectivity index (χ4v) is 1.68. The van der Waals surface area contributed by atoms with E-state index in [0.29, 0.717) is 0 Å². The zero-order valence-corrected chi connectivity index (χ0v) is 8.93. The minimum atomic E-state index is 1.10. The number of nitrogens with one attached hydrogen (secondary N) is 1. The average molecular weight is 180 g/mol. The molecular formula is C11H20N2. The largest absolute Gasteiger partial charge is 0.385 e. The van der Waals surface area contributed by atoms with E-state index in [1.165, 1.54) is 24.2 Å². The predicted molar refractivity (Wildman–Crippen MR) is 57.4 cm³/mol. The van der Waals surface area contributed by atoms with Crippen molar-refractivity contribution in [2.45, 2.75) is 26.7 Å². The molecule has 0 amide bonds. The molecule has 13 heavy (non-hydrogen) atoms. The SMILES string of the molecule is CC.CN1CCNC2=C1C=CCC2. The molecule has 1 aliphatic heterocycles. The van der Waals surface area contributed by atoms with Gasteiger partial charge in [-0.3, -0.25) is 0 Å². The second-order valence-electron chi connectivity index (χ2n) is 3.15. The van der Waals surface area contributed by atoms with Gasteiger partial charge in [0.15, 0.2) is 0 Å². The lowest BCUT2D eigenvalue weighted by Crippen LogP contribution is -2.36. The second kappa shape index (κ2) is 4.95. The fraction of sp³-hybridized carbons (Fsp3) is 0.636. The molecule has 0 unspecified atom stereocenters. The molecule has 1 heterocycles. The van der Waals surface area contributed by atoms with Gasteiger partial charge in [-0.15, -0.1) is 0 Å². The van der Waals surface area contributed by atoms with E-state index in [9.17, 15) is 0 Å². The maximum absolute atomic E-state index is 3.44. The summed E-state index contributed by atoms with van der Waals surface area (Å²) < 4.78 is 0. The highest BCUT2D eigenvalue weighted by Crippen LogP contribution is 2.20. The van der Waals surface area contributed by atoms with Crippen molar-refractivity contribution in [3.63, 3.8) is 0 Å². The molecule has 1 N–H and O–H groups in total. The molecule has 0 saturated heterocycles. The summed E-state index contributed by atoms with van der Waals surface area (Å²) in [5, 5.41) is 3.44. The summed E-state index contributed by atoms with van der Waals surface area (Å²) in [6, 6.07) is 0. The van der Waals surface area contributed by atoms with Gasteiger partial charge < -0.3 is 10.2 Å². The molecule has 0 fully saturated rings. The van der Waals surface area contributed by atoms with Crippen molar-refractivity contribution in [3.8, 4) is 0 Å². The first kappa shape index (κ1) is 10.2. The summed E-state index contributed by atoms with van der Waals surface area (Å²) in [5.74, 6) is 0. The third kappa shape index (κ3) is 2.27. The Morgan fingerprint density at radius 2 is 2.15 bits per heavy atom. The Morgan fingerprint density at radius 1 is 1.38 bits per heavy atom. The molecule has 1 aliphatic carbocycles. The summed E-state index contributed by atoms with van der Waals surface area (Å²) in [6.45, 7) is 6.23. The topological polar surface area (TPSA) is 15.3 Å². The van der Waals surface area contributed by atoms with Crippen LogP contribution < -0.4 is 5.32 Å². The third-order valence-electron chi connectivity index (χ3n) is 2.34. The Kier molecular flexibility index (Phi) is 3.87. The first-order valence-corrected chi connectivity index (χ1v) is 5.22. The molecule has 0 bridgehead atoms. The van der Waals surface area contributed by atoms with Crippen LogP contribution in [0.1, 0.15) is 26.7 Å². The highest BCUT2D eigenvalue weighted by atomic mass is 15.2. The summed E-state index contributed by atoms with van der Waals surface area (Å²) in [6.07, 6.45) is 6.86. The van der Waals surface area contributed by atoms with Gasteiger partial charge in [0.2, 0.25) is 0 Å². The summed E-state index contributed by atoms with van der Waals surface area (Å²) in [5.41, 5.74) is 2.82. The van der Waals surface area contributed by atoms with Crippen molar-refractivity contribution in [2.75, 3.05) is 20.1 Å². The maximum Gasteiger partial charge on any atom is 0.0553 e. The van der Waals surface area contributed by atoms with Crippen molar-refractivity contribution in [3.05, 3.63) is 23.5 Å². The van der Waals surface area contributed by atoms with Gasteiger partial charge in [0.25, 0.3) is 0 Å². The molecule has 2 aliphatic rings. The van der Waals surface area contributed by atoms with Gasteiger partial charge in [-0.05, 0) is 18.9 Å². The molecule has 0 atom stereocenters. The van der Waals surface area contributed by atoms with E-state index < -0.39 is 0 Å². The number of hydrogen-bond acceptors (Lipinski definition) is 2. The van der Waals surface area contributed by atoms with Crippen LogP contribution in [0, 0.1) is 0 Å². The van der Waals surface area contributed by atoms with E-state index in [1.54, 1.807) is 0 Å². The molecule has 0 saturated carbocycles. The predicted octanol–water partition coefficient (Wildman–Crippen LogP) is 2.11. The number of hydrogen-bond donors (Lipinski definition) is 1. The van der Waals surface area contributed by atoms with Gasteiger partial charge in [0.05, 0.1) is 5.70 Å². The zero-order valence-electron chi connectivity index (χ0n) is 8.93. The lowest BCUT2D eigenvalue weighted by atomic mass is 10.1. The molecule has 0 spiro atoms. The van der Waals surface area contributed by atoms with Gasteiger partial charge in [0, 0.05) is 25.8 Å². The van der Waals surface area contributed by atoms with E-state index in [4.69, 9.17) is 0 Å². The van der Waals surface area contributed by atoms with Crippen LogP contribution in [0.15, 0.2) is 23.5 Å². The van der Waals surface area contributed by atoms with Gasteiger partial charge in [-0.1, -0.05) is 19.9 Å². The molecular weight excluding hydrogens is 160 g/mol. The van der Waals surface area contributed by atoms with Crippen molar-refractivity contribution in [1.29, 1.82) is 0 Å². The van der Waals surface area contributed by atoms with E-state index in [1.807, 2.05) is 13.8 Å². The quantitative estimate of drug-likeness (QED) is 0.614. The van der Waals surface area contributed by atoms with Crippen LogP contribution in [0.2, 0.25) is 0 Å². The van der Waals surface area contributed by atoms with Crippen LogP contribution in [0.3, 0.4) is 0 Å². The number of rotatable bonds is 0. The standard InChI is InChI=1S/C9H14N2.C2H6/c1-11-7-6-10-8-4-2-3-5-9(8)11;1-2/h3,5,10H,2,4,6-7H2,1H3;1-2H3. The number of nitrogens with zero attached hydrogens (tertiary/aromatic N) is 1. The average Bonchev–Trinajstić information content (AvgIpc) is 2.22. The molecule has 2 heteroatoms. The Labute approximate surface area is 81.3 Å². The van der Waals surface area contributed by atoms with Crippen molar-refractivity contribution in [1.82, 2.24) is 10.2 Å². The molecule has 2 rings (SSSR count). The first-order valence-electron chi connectivity index (χ1n) is 5.22. The van der Waals surface area contributed by atoms with E-state index in [2.05, 4.69) is 29.4 Å².